The zero-order chi connectivity index (χ0) is 22.0. The molecule has 0 aliphatic heterocycles. The van der Waals surface area contributed by atoms with Gasteiger partial charge in [0.2, 0.25) is 0 Å². The fourth-order valence-corrected chi connectivity index (χ4v) is 7.96. The average Bonchev–Trinajstić information content (AvgIpc) is 3.30. The van der Waals surface area contributed by atoms with Gasteiger partial charge in [-0.15, -0.1) is 22.7 Å². The quantitative estimate of drug-likeness (QED) is 0.331. The van der Waals surface area contributed by atoms with Crippen molar-refractivity contribution >= 4 is 22.7 Å². The lowest BCUT2D eigenvalue weighted by atomic mass is 9.78. The normalized spacial score (nSPS) is 18.2. The van der Waals surface area contributed by atoms with E-state index in [2.05, 4.69) is 93.5 Å². The van der Waals surface area contributed by atoms with Crippen molar-refractivity contribution in [3.05, 3.63) is 56.3 Å². The Bertz CT molecular complexity index is 1100. The Morgan fingerprint density at radius 3 is 1.17 bits per heavy atom. The van der Waals surface area contributed by atoms with E-state index in [1.165, 1.54) is 52.9 Å². The number of hydrogen-bond donors (Lipinski definition) is 0. The molecule has 0 bridgehead atoms. The fourth-order valence-electron chi connectivity index (χ4n) is 5.15. The van der Waals surface area contributed by atoms with E-state index in [1.807, 2.05) is 22.7 Å². The SMILES string of the molecule is CC(C)(C)c1cc2c(s1)-c1cc3c(cc1C2(C)C)-c1sc(C(C)(C)C)cc1C3(C)C. The van der Waals surface area contributed by atoms with E-state index in [-0.39, 0.29) is 21.7 Å². The first kappa shape index (κ1) is 20.5. The predicted molar refractivity (Wildman–Crippen MR) is 135 cm³/mol. The minimum atomic E-state index is 0.0662. The number of benzene rings is 1. The summed E-state index contributed by atoms with van der Waals surface area (Å²) < 4.78 is 0. The van der Waals surface area contributed by atoms with Crippen LogP contribution in [0.25, 0.3) is 20.9 Å². The summed E-state index contributed by atoms with van der Waals surface area (Å²) in [4.78, 5) is 6.01. The Kier molecular flexibility index (Phi) is 3.90. The molecule has 0 radical (unpaired) electrons. The summed E-state index contributed by atoms with van der Waals surface area (Å²) >= 11 is 4.03. The first-order valence-corrected chi connectivity index (χ1v) is 12.8. The van der Waals surface area contributed by atoms with Crippen molar-refractivity contribution in [3.63, 3.8) is 0 Å². The first-order chi connectivity index (χ1) is 13.6. The Balaban J connectivity index is 1.75. The lowest BCUT2D eigenvalue weighted by Crippen LogP contribution is -2.18. The Labute approximate surface area is 190 Å². The van der Waals surface area contributed by atoms with Crippen LogP contribution in [0.15, 0.2) is 24.3 Å². The highest BCUT2D eigenvalue weighted by Crippen LogP contribution is 2.60. The van der Waals surface area contributed by atoms with Gasteiger partial charge in [0.05, 0.1) is 0 Å². The molecule has 0 atom stereocenters. The summed E-state index contributed by atoms with van der Waals surface area (Å²) in [5.74, 6) is 0. The largest absolute Gasteiger partial charge is 0.139 e. The van der Waals surface area contributed by atoms with Crippen molar-refractivity contribution in [3.8, 4) is 20.9 Å². The summed E-state index contributed by atoms with van der Waals surface area (Å²) in [7, 11) is 0. The molecule has 0 unspecified atom stereocenters. The summed E-state index contributed by atoms with van der Waals surface area (Å²) in [5, 5.41) is 0. The molecule has 0 saturated heterocycles. The molecule has 1 aromatic carbocycles. The van der Waals surface area contributed by atoms with Crippen molar-refractivity contribution in [2.75, 3.05) is 0 Å². The molecular weight excluding hydrogens is 400 g/mol. The summed E-state index contributed by atoms with van der Waals surface area (Å²) in [6.45, 7) is 23.7. The van der Waals surface area contributed by atoms with Gasteiger partial charge in [-0.05, 0) is 68.5 Å². The molecule has 2 heterocycles. The zero-order valence-electron chi connectivity index (χ0n) is 20.1. The lowest BCUT2D eigenvalue weighted by Gasteiger charge is -2.25. The molecule has 0 saturated carbocycles. The topological polar surface area (TPSA) is 0 Å². The molecule has 3 aromatic rings. The van der Waals surface area contributed by atoms with Crippen molar-refractivity contribution < 1.29 is 0 Å². The Hall–Kier alpha value is -1.38. The van der Waals surface area contributed by atoms with Gasteiger partial charge in [0.15, 0.2) is 0 Å². The van der Waals surface area contributed by atoms with Gasteiger partial charge in [0, 0.05) is 30.3 Å². The lowest BCUT2D eigenvalue weighted by molar-refractivity contribution is 0.598. The highest BCUT2D eigenvalue weighted by atomic mass is 32.1. The van der Waals surface area contributed by atoms with E-state index in [1.54, 1.807) is 0 Å². The molecule has 158 valence electrons. The molecule has 2 aromatic heterocycles. The van der Waals surface area contributed by atoms with Gasteiger partial charge in [0.25, 0.3) is 0 Å². The summed E-state index contributed by atoms with van der Waals surface area (Å²) in [6, 6.07) is 10.1. The number of rotatable bonds is 0. The summed E-state index contributed by atoms with van der Waals surface area (Å²) in [5.41, 5.74) is 9.57. The monoisotopic (exact) mass is 434 g/mol. The van der Waals surface area contributed by atoms with Gasteiger partial charge >= 0.3 is 0 Å². The van der Waals surface area contributed by atoms with Crippen LogP contribution in [0.4, 0.5) is 0 Å². The number of thiophene rings is 2. The third-order valence-corrected chi connectivity index (χ3v) is 10.5. The number of fused-ring (bicyclic) bond motifs is 6. The Morgan fingerprint density at radius 2 is 0.867 bits per heavy atom. The van der Waals surface area contributed by atoms with Crippen LogP contribution in [0.1, 0.15) is 101 Å². The van der Waals surface area contributed by atoms with Gasteiger partial charge in [0.1, 0.15) is 0 Å². The van der Waals surface area contributed by atoms with Gasteiger partial charge in [-0.3, -0.25) is 0 Å². The summed E-state index contributed by atoms with van der Waals surface area (Å²) in [6.07, 6.45) is 0. The van der Waals surface area contributed by atoms with E-state index in [9.17, 15) is 0 Å². The second kappa shape index (κ2) is 5.70. The highest BCUT2D eigenvalue weighted by Gasteiger charge is 2.44. The van der Waals surface area contributed by atoms with E-state index in [4.69, 9.17) is 0 Å². The standard InChI is InChI=1S/C28H34S2/c1-25(2,3)21-13-19-23(29-21)15-11-18-16(12-17(15)27(19,7)8)24-20(28(18,9)10)14-22(30-24)26(4,5)6/h11-14H,1-10H3. The van der Waals surface area contributed by atoms with Gasteiger partial charge < -0.3 is 0 Å². The van der Waals surface area contributed by atoms with Crippen LogP contribution >= 0.6 is 22.7 Å². The molecule has 0 N–H and O–H groups in total. The molecule has 0 nitrogen and oxygen atoms in total. The molecule has 5 rings (SSSR count). The van der Waals surface area contributed by atoms with Gasteiger partial charge in [-0.1, -0.05) is 69.2 Å². The molecular formula is C28H34S2. The van der Waals surface area contributed by atoms with Crippen LogP contribution in [-0.4, -0.2) is 0 Å². The number of hydrogen-bond acceptors (Lipinski definition) is 2. The maximum absolute atomic E-state index is 2.55. The van der Waals surface area contributed by atoms with Crippen LogP contribution in [0, 0.1) is 0 Å². The molecule has 0 spiro atoms. The van der Waals surface area contributed by atoms with E-state index < -0.39 is 0 Å². The second-order valence-electron chi connectivity index (χ2n) is 12.4. The van der Waals surface area contributed by atoms with E-state index in [0.29, 0.717) is 0 Å². The van der Waals surface area contributed by atoms with Gasteiger partial charge in [-0.2, -0.15) is 0 Å². The van der Waals surface area contributed by atoms with E-state index >= 15 is 0 Å². The zero-order valence-corrected chi connectivity index (χ0v) is 21.8. The van der Waals surface area contributed by atoms with Crippen molar-refractivity contribution in [2.24, 2.45) is 0 Å². The minimum absolute atomic E-state index is 0.0662. The van der Waals surface area contributed by atoms with Crippen molar-refractivity contribution in [2.45, 2.75) is 90.9 Å². The first-order valence-electron chi connectivity index (χ1n) is 11.1. The predicted octanol–water partition coefficient (Wildman–Crippen LogP) is 9.02. The molecule has 2 aliphatic carbocycles. The molecule has 30 heavy (non-hydrogen) atoms. The third-order valence-electron chi connectivity index (χ3n) is 7.28. The van der Waals surface area contributed by atoms with E-state index in [0.717, 1.165) is 0 Å². The molecule has 0 fully saturated rings. The fraction of sp³-hybridized carbons (Fsp3) is 0.500. The average molecular weight is 435 g/mol. The maximum atomic E-state index is 2.55. The minimum Gasteiger partial charge on any atom is -0.139 e. The van der Waals surface area contributed by atoms with Crippen molar-refractivity contribution in [1.29, 1.82) is 0 Å². The Morgan fingerprint density at radius 1 is 0.533 bits per heavy atom. The van der Waals surface area contributed by atoms with Crippen molar-refractivity contribution in [1.82, 2.24) is 0 Å². The van der Waals surface area contributed by atoms with Crippen LogP contribution in [0.5, 0.6) is 0 Å². The second-order valence-corrected chi connectivity index (χ2v) is 14.5. The maximum Gasteiger partial charge on any atom is 0.0389 e. The third kappa shape index (κ3) is 2.56. The highest BCUT2D eigenvalue weighted by molar-refractivity contribution is 7.16. The molecule has 2 aliphatic rings. The van der Waals surface area contributed by atoms with Crippen LogP contribution in [0.3, 0.4) is 0 Å². The molecule has 2 heteroatoms. The van der Waals surface area contributed by atoms with Crippen LogP contribution < -0.4 is 0 Å². The van der Waals surface area contributed by atoms with Crippen LogP contribution in [0.2, 0.25) is 0 Å². The van der Waals surface area contributed by atoms with Gasteiger partial charge in [-0.25, -0.2) is 0 Å². The smallest absolute Gasteiger partial charge is 0.0389 e. The molecule has 0 amide bonds. The van der Waals surface area contributed by atoms with Crippen LogP contribution in [-0.2, 0) is 21.7 Å².